The average Bonchev–Trinajstić information content (AvgIpc) is 2.40. The number of nitrogens with zero attached hydrogens (tertiary/aromatic N) is 3. The van der Waals surface area contributed by atoms with Gasteiger partial charge in [0.25, 0.3) is 5.56 Å². The molecular weight excluding hydrogens is 284 g/mol. The molecule has 1 aromatic heterocycles. The third-order valence-corrected chi connectivity index (χ3v) is 5.44. The Morgan fingerprint density at radius 1 is 1.30 bits per heavy atom. The molecule has 1 unspecified atom stereocenters. The monoisotopic (exact) mass is 302 g/mol. The molecule has 2 heterocycles. The van der Waals surface area contributed by atoms with Crippen LogP contribution in [0.25, 0.3) is 0 Å². The largest absolute Gasteiger partial charge is 0.330 e. The standard InChI is InChI=1S/C11H18N4O4S/c1-8-6-12-4-5-15(8)20(18,19)9-7-13(2)11(17)14(3)10(9)16/h7-8,12H,4-6H2,1-3H3. The SMILES string of the molecule is CC1CNCCN1S(=O)(=O)c1cn(C)c(=O)n(C)c1=O. The lowest BCUT2D eigenvalue weighted by molar-refractivity contribution is 0.283. The van der Waals surface area contributed by atoms with Crippen LogP contribution >= 0.6 is 0 Å². The quantitative estimate of drug-likeness (QED) is 0.686. The molecule has 1 aliphatic rings. The van der Waals surface area contributed by atoms with Gasteiger partial charge >= 0.3 is 5.69 Å². The zero-order valence-electron chi connectivity index (χ0n) is 11.7. The average molecular weight is 302 g/mol. The van der Waals surface area contributed by atoms with Gasteiger partial charge < -0.3 is 9.88 Å². The Kier molecular flexibility index (Phi) is 3.85. The third-order valence-electron chi connectivity index (χ3n) is 3.44. The minimum Gasteiger partial charge on any atom is -0.314 e. The van der Waals surface area contributed by atoms with Crippen LogP contribution in [-0.4, -0.2) is 47.5 Å². The molecule has 0 aromatic carbocycles. The van der Waals surface area contributed by atoms with E-state index in [0.717, 1.165) is 15.3 Å². The number of hydrogen-bond donors (Lipinski definition) is 1. The number of sulfonamides is 1. The second kappa shape index (κ2) is 5.15. The zero-order valence-corrected chi connectivity index (χ0v) is 12.5. The van der Waals surface area contributed by atoms with Crippen molar-refractivity contribution in [3.63, 3.8) is 0 Å². The van der Waals surface area contributed by atoms with Crippen LogP contribution in [0.5, 0.6) is 0 Å². The molecule has 8 nitrogen and oxygen atoms in total. The van der Waals surface area contributed by atoms with E-state index >= 15 is 0 Å². The molecule has 1 saturated heterocycles. The van der Waals surface area contributed by atoms with Crippen molar-refractivity contribution in [1.82, 2.24) is 18.8 Å². The number of rotatable bonds is 2. The molecule has 1 N–H and O–H groups in total. The van der Waals surface area contributed by atoms with E-state index in [9.17, 15) is 18.0 Å². The maximum atomic E-state index is 12.6. The number of piperazine rings is 1. The van der Waals surface area contributed by atoms with Crippen molar-refractivity contribution in [3.8, 4) is 0 Å². The normalized spacial score (nSPS) is 21.1. The molecule has 9 heteroatoms. The summed E-state index contributed by atoms with van der Waals surface area (Å²) >= 11 is 0. The van der Waals surface area contributed by atoms with Crippen molar-refractivity contribution in [1.29, 1.82) is 0 Å². The van der Waals surface area contributed by atoms with Crippen LogP contribution in [0.15, 0.2) is 20.7 Å². The van der Waals surface area contributed by atoms with Crippen LogP contribution in [0.3, 0.4) is 0 Å². The Bertz CT molecular complexity index is 734. The number of hydrogen-bond acceptors (Lipinski definition) is 5. The lowest BCUT2D eigenvalue weighted by Crippen LogP contribution is -2.53. The van der Waals surface area contributed by atoms with Crippen molar-refractivity contribution in [2.45, 2.75) is 17.9 Å². The minimum atomic E-state index is -3.90. The van der Waals surface area contributed by atoms with Crippen molar-refractivity contribution < 1.29 is 8.42 Å². The molecule has 0 aliphatic carbocycles. The van der Waals surface area contributed by atoms with E-state index in [0.29, 0.717) is 19.6 Å². The molecule has 1 aliphatic heterocycles. The third kappa shape index (κ3) is 2.32. The first-order valence-electron chi connectivity index (χ1n) is 6.26. The highest BCUT2D eigenvalue weighted by molar-refractivity contribution is 7.89. The Morgan fingerprint density at radius 3 is 2.55 bits per heavy atom. The van der Waals surface area contributed by atoms with E-state index in [1.54, 1.807) is 6.92 Å². The summed E-state index contributed by atoms with van der Waals surface area (Å²) in [6.07, 6.45) is 1.09. The summed E-state index contributed by atoms with van der Waals surface area (Å²) in [6, 6.07) is -0.240. The van der Waals surface area contributed by atoms with Gasteiger partial charge in [-0.05, 0) is 6.92 Å². The molecular formula is C11H18N4O4S. The fourth-order valence-corrected chi connectivity index (χ4v) is 4.04. The van der Waals surface area contributed by atoms with Gasteiger partial charge in [-0.15, -0.1) is 0 Å². The van der Waals surface area contributed by atoms with E-state index in [1.165, 1.54) is 18.4 Å². The van der Waals surface area contributed by atoms with Crippen molar-refractivity contribution in [2.24, 2.45) is 14.1 Å². The molecule has 0 spiro atoms. The van der Waals surface area contributed by atoms with Gasteiger partial charge in [0.1, 0.15) is 0 Å². The Morgan fingerprint density at radius 2 is 1.95 bits per heavy atom. The molecule has 1 fully saturated rings. The van der Waals surface area contributed by atoms with Gasteiger partial charge in [-0.25, -0.2) is 13.2 Å². The molecule has 0 saturated carbocycles. The van der Waals surface area contributed by atoms with Crippen LogP contribution in [-0.2, 0) is 24.1 Å². The topological polar surface area (TPSA) is 93.4 Å². The van der Waals surface area contributed by atoms with Gasteiger partial charge in [0.05, 0.1) is 0 Å². The predicted molar refractivity (Wildman–Crippen MR) is 73.1 cm³/mol. The molecule has 2 rings (SSSR count). The van der Waals surface area contributed by atoms with Crippen LogP contribution in [0, 0.1) is 0 Å². The maximum absolute atomic E-state index is 12.6. The van der Waals surface area contributed by atoms with Gasteiger partial charge in [-0.3, -0.25) is 9.36 Å². The van der Waals surface area contributed by atoms with Crippen molar-refractivity contribution in [2.75, 3.05) is 19.6 Å². The summed E-state index contributed by atoms with van der Waals surface area (Å²) in [4.78, 5) is 23.3. The zero-order chi connectivity index (χ0) is 15.1. The van der Waals surface area contributed by atoms with E-state index in [1.807, 2.05) is 0 Å². The second-order valence-corrected chi connectivity index (χ2v) is 6.78. The van der Waals surface area contributed by atoms with Gasteiger partial charge in [0.15, 0.2) is 4.90 Å². The van der Waals surface area contributed by atoms with E-state index < -0.39 is 21.3 Å². The van der Waals surface area contributed by atoms with Gasteiger partial charge in [0, 0.05) is 46.0 Å². The van der Waals surface area contributed by atoms with E-state index in [2.05, 4.69) is 5.32 Å². The molecule has 1 atom stereocenters. The number of aromatic nitrogens is 2. The Balaban J connectivity index is 2.61. The van der Waals surface area contributed by atoms with Crippen molar-refractivity contribution >= 4 is 10.0 Å². The van der Waals surface area contributed by atoms with Gasteiger partial charge in [-0.1, -0.05) is 0 Å². The highest BCUT2D eigenvalue weighted by Gasteiger charge is 2.33. The summed E-state index contributed by atoms with van der Waals surface area (Å²) in [5.74, 6) is 0. The molecule has 1 aromatic rings. The summed E-state index contributed by atoms with van der Waals surface area (Å²) in [6.45, 7) is 3.15. The van der Waals surface area contributed by atoms with Crippen molar-refractivity contribution in [3.05, 3.63) is 27.0 Å². The molecule has 0 radical (unpaired) electrons. The first kappa shape index (κ1) is 14.9. The van der Waals surface area contributed by atoms with E-state index in [-0.39, 0.29) is 10.9 Å². The Labute approximate surface area is 116 Å². The minimum absolute atomic E-state index is 0.240. The lowest BCUT2D eigenvalue weighted by Gasteiger charge is -2.32. The summed E-state index contributed by atoms with van der Waals surface area (Å²) in [5.41, 5.74) is -1.35. The summed E-state index contributed by atoms with van der Waals surface area (Å²) in [7, 11) is -1.22. The van der Waals surface area contributed by atoms with Crippen LogP contribution < -0.4 is 16.6 Å². The number of nitrogens with one attached hydrogen (secondary N) is 1. The highest BCUT2D eigenvalue weighted by atomic mass is 32.2. The molecule has 112 valence electrons. The number of aryl methyl sites for hydroxylation is 1. The van der Waals surface area contributed by atoms with Crippen LogP contribution in [0.2, 0.25) is 0 Å². The maximum Gasteiger partial charge on any atom is 0.330 e. The molecule has 0 bridgehead atoms. The Hall–Kier alpha value is -1.45. The van der Waals surface area contributed by atoms with Gasteiger partial charge in [-0.2, -0.15) is 4.31 Å². The van der Waals surface area contributed by atoms with Crippen LogP contribution in [0.1, 0.15) is 6.92 Å². The molecule has 0 amide bonds. The highest BCUT2D eigenvalue weighted by Crippen LogP contribution is 2.15. The summed E-state index contributed by atoms with van der Waals surface area (Å²) in [5, 5.41) is 3.09. The fraction of sp³-hybridized carbons (Fsp3) is 0.636. The lowest BCUT2D eigenvalue weighted by atomic mass is 10.3. The first-order chi connectivity index (χ1) is 9.26. The van der Waals surface area contributed by atoms with E-state index in [4.69, 9.17) is 0 Å². The second-order valence-electron chi connectivity index (χ2n) is 4.92. The fourth-order valence-electron chi connectivity index (χ4n) is 2.26. The molecule has 20 heavy (non-hydrogen) atoms. The first-order valence-corrected chi connectivity index (χ1v) is 7.70. The van der Waals surface area contributed by atoms with Gasteiger partial charge in [0.2, 0.25) is 10.0 Å². The smallest absolute Gasteiger partial charge is 0.314 e. The van der Waals surface area contributed by atoms with Crippen LogP contribution in [0.4, 0.5) is 0 Å². The predicted octanol–water partition coefficient (Wildman–Crippen LogP) is -1.93. The summed E-state index contributed by atoms with van der Waals surface area (Å²) < 4.78 is 28.4.